The average molecular weight is 409 g/mol. The zero-order valence-corrected chi connectivity index (χ0v) is 15.0. The van der Waals surface area contributed by atoms with Gasteiger partial charge in [-0.2, -0.15) is 18.3 Å². The van der Waals surface area contributed by atoms with Crippen LogP contribution in [0.3, 0.4) is 0 Å². The lowest BCUT2D eigenvalue weighted by Gasteiger charge is -2.29. The lowest BCUT2D eigenvalue weighted by molar-refractivity contribution is -0.142. The van der Waals surface area contributed by atoms with Crippen molar-refractivity contribution >= 4 is 21.8 Å². The molecular formula is C15H20BrF3N4O. The number of carbonyl (C=O) groups excluding carboxylic acids is 1. The Morgan fingerprint density at radius 2 is 1.92 bits per heavy atom. The second kappa shape index (κ2) is 6.67. The molecule has 0 unspecified atom stereocenters. The van der Waals surface area contributed by atoms with Gasteiger partial charge in [0.25, 0.3) is 0 Å². The van der Waals surface area contributed by atoms with E-state index in [1.807, 2.05) is 7.05 Å². The summed E-state index contributed by atoms with van der Waals surface area (Å²) in [6.07, 6.45) is -1.16. The Balaban J connectivity index is 1.71. The molecule has 1 saturated heterocycles. The van der Waals surface area contributed by atoms with Gasteiger partial charge in [-0.1, -0.05) is 0 Å². The summed E-state index contributed by atoms with van der Waals surface area (Å²) in [6.45, 7) is 1.64. The van der Waals surface area contributed by atoms with Crippen LogP contribution in [0.1, 0.15) is 43.0 Å². The summed E-state index contributed by atoms with van der Waals surface area (Å²) >= 11 is 3.03. The van der Waals surface area contributed by atoms with E-state index in [0.29, 0.717) is 5.69 Å². The molecule has 24 heavy (non-hydrogen) atoms. The number of amides is 1. The molecule has 0 aromatic carbocycles. The summed E-state index contributed by atoms with van der Waals surface area (Å²) in [7, 11) is 2.03. The number of halogens is 4. The highest BCUT2D eigenvalue weighted by atomic mass is 79.9. The van der Waals surface area contributed by atoms with E-state index in [2.05, 4.69) is 31.2 Å². The number of carbonyl (C=O) groups is 1. The van der Waals surface area contributed by atoms with Gasteiger partial charge in [0.15, 0.2) is 5.69 Å². The van der Waals surface area contributed by atoms with Crippen molar-refractivity contribution in [1.82, 2.24) is 20.0 Å². The molecule has 0 radical (unpaired) electrons. The van der Waals surface area contributed by atoms with Crippen LogP contribution in [-0.4, -0.2) is 46.8 Å². The van der Waals surface area contributed by atoms with Crippen LogP contribution >= 0.6 is 15.9 Å². The number of nitrogens with zero attached hydrogens (tertiary/aromatic N) is 3. The van der Waals surface area contributed by atoms with E-state index in [1.54, 1.807) is 0 Å². The maximum Gasteiger partial charge on any atom is 0.436 e. The molecule has 1 saturated carbocycles. The lowest BCUT2D eigenvalue weighted by atomic mass is 10.1. The maximum absolute atomic E-state index is 13.1. The van der Waals surface area contributed by atoms with Gasteiger partial charge in [0.2, 0.25) is 5.91 Å². The number of alkyl halides is 3. The van der Waals surface area contributed by atoms with Crippen LogP contribution in [0.5, 0.6) is 0 Å². The fourth-order valence-corrected chi connectivity index (χ4v) is 3.90. The predicted octanol–water partition coefficient (Wildman–Crippen LogP) is 2.75. The molecule has 0 atom stereocenters. The van der Waals surface area contributed by atoms with Crippen LogP contribution in [0.25, 0.3) is 0 Å². The van der Waals surface area contributed by atoms with Gasteiger partial charge < -0.3 is 10.2 Å². The first-order chi connectivity index (χ1) is 11.3. The summed E-state index contributed by atoms with van der Waals surface area (Å²) in [4.78, 5) is 14.4. The first kappa shape index (κ1) is 17.7. The SMILES string of the molecule is CN1CCC(NC(=O)Cn2nc(C(F)(F)F)c(Br)c2C2CC2)CC1. The molecule has 1 aromatic heterocycles. The van der Waals surface area contributed by atoms with E-state index in [4.69, 9.17) is 0 Å². The van der Waals surface area contributed by atoms with Crippen molar-refractivity contribution in [1.29, 1.82) is 0 Å². The van der Waals surface area contributed by atoms with Crippen molar-refractivity contribution in [3.05, 3.63) is 15.9 Å². The molecule has 1 N–H and O–H groups in total. The smallest absolute Gasteiger partial charge is 0.352 e. The van der Waals surface area contributed by atoms with Crippen molar-refractivity contribution in [2.75, 3.05) is 20.1 Å². The fourth-order valence-electron chi connectivity index (χ4n) is 3.06. The van der Waals surface area contributed by atoms with Crippen molar-refractivity contribution in [2.45, 2.75) is 50.4 Å². The van der Waals surface area contributed by atoms with Gasteiger partial charge in [0, 0.05) is 12.0 Å². The second-order valence-electron chi connectivity index (χ2n) is 6.62. The van der Waals surface area contributed by atoms with E-state index >= 15 is 0 Å². The molecule has 1 aliphatic heterocycles. The minimum atomic E-state index is -4.53. The van der Waals surface area contributed by atoms with Crippen LogP contribution in [0.4, 0.5) is 13.2 Å². The first-order valence-electron chi connectivity index (χ1n) is 8.07. The predicted molar refractivity (Wildman–Crippen MR) is 85.6 cm³/mol. The topological polar surface area (TPSA) is 50.2 Å². The molecule has 1 amide bonds. The molecule has 1 aliphatic carbocycles. The molecule has 1 aromatic rings. The van der Waals surface area contributed by atoms with E-state index in [0.717, 1.165) is 38.8 Å². The number of likely N-dealkylation sites (tertiary alicyclic amines) is 1. The fraction of sp³-hybridized carbons (Fsp3) is 0.733. The van der Waals surface area contributed by atoms with Gasteiger partial charge >= 0.3 is 6.18 Å². The van der Waals surface area contributed by atoms with E-state index < -0.39 is 11.9 Å². The zero-order valence-electron chi connectivity index (χ0n) is 13.4. The van der Waals surface area contributed by atoms with Gasteiger partial charge in [-0.15, -0.1) is 0 Å². The molecule has 134 valence electrons. The number of hydrogen-bond acceptors (Lipinski definition) is 3. The minimum absolute atomic E-state index is 0.0235. The van der Waals surface area contributed by atoms with Crippen LogP contribution in [0.15, 0.2) is 4.47 Å². The van der Waals surface area contributed by atoms with Crippen LogP contribution in [0, 0.1) is 0 Å². The number of piperidine rings is 1. The third kappa shape index (κ3) is 3.93. The molecule has 2 aliphatic rings. The van der Waals surface area contributed by atoms with Gasteiger partial charge in [-0.05, 0) is 61.8 Å². The summed E-state index contributed by atoms with van der Waals surface area (Å²) in [6, 6.07) is 0.0826. The number of rotatable bonds is 4. The Morgan fingerprint density at radius 1 is 1.29 bits per heavy atom. The summed E-state index contributed by atoms with van der Waals surface area (Å²) in [5.74, 6) is -0.228. The van der Waals surface area contributed by atoms with Gasteiger partial charge in [0.05, 0.1) is 10.2 Å². The Labute approximate surface area is 146 Å². The highest BCUT2D eigenvalue weighted by Crippen LogP contribution is 2.46. The molecule has 0 bridgehead atoms. The van der Waals surface area contributed by atoms with Crippen molar-refractivity contribution < 1.29 is 18.0 Å². The van der Waals surface area contributed by atoms with Gasteiger partial charge in [0.1, 0.15) is 6.54 Å². The van der Waals surface area contributed by atoms with Gasteiger partial charge in [-0.25, -0.2) is 0 Å². The quantitative estimate of drug-likeness (QED) is 0.832. The third-order valence-electron chi connectivity index (χ3n) is 4.54. The van der Waals surface area contributed by atoms with E-state index in [-0.39, 0.29) is 28.9 Å². The number of aromatic nitrogens is 2. The van der Waals surface area contributed by atoms with Crippen molar-refractivity contribution in [3.63, 3.8) is 0 Å². The first-order valence-corrected chi connectivity index (χ1v) is 8.86. The highest BCUT2D eigenvalue weighted by molar-refractivity contribution is 9.10. The monoisotopic (exact) mass is 408 g/mol. The molecule has 0 spiro atoms. The van der Waals surface area contributed by atoms with Gasteiger partial charge in [-0.3, -0.25) is 9.48 Å². The largest absolute Gasteiger partial charge is 0.436 e. The Bertz CT molecular complexity index is 619. The average Bonchev–Trinajstić information content (AvgIpc) is 3.25. The summed E-state index contributed by atoms with van der Waals surface area (Å²) in [5, 5.41) is 6.58. The molecule has 2 fully saturated rings. The normalized spacial score (nSPS) is 20.4. The van der Waals surface area contributed by atoms with E-state index in [9.17, 15) is 18.0 Å². The maximum atomic E-state index is 13.1. The highest BCUT2D eigenvalue weighted by Gasteiger charge is 2.42. The standard InChI is InChI=1S/C15H20BrF3N4O/c1-22-6-4-10(5-7-22)20-11(24)8-23-13(9-2-3-9)12(16)14(21-23)15(17,18)19/h9-10H,2-8H2,1H3,(H,20,24). The Morgan fingerprint density at radius 3 is 2.46 bits per heavy atom. The minimum Gasteiger partial charge on any atom is -0.352 e. The lowest BCUT2D eigenvalue weighted by Crippen LogP contribution is -2.44. The summed E-state index contributed by atoms with van der Waals surface area (Å²) < 4.78 is 40.4. The van der Waals surface area contributed by atoms with Crippen LogP contribution in [-0.2, 0) is 17.5 Å². The Kier molecular flexibility index (Phi) is 4.92. The molecule has 5 nitrogen and oxygen atoms in total. The molecular weight excluding hydrogens is 389 g/mol. The number of hydrogen-bond donors (Lipinski definition) is 1. The third-order valence-corrected chi connectivity index (χ3v) is 5.32. The van der Waals surface area contributed by atoms with Crippen molar-refractivity contribution in [3.8, 4) is 0 Å². The number of nitrogens with one attached hydrogen (secondary N) is 1. The molecule has 2 heterocycles. The summed E-state index contributed by atoms with van der Waals surface area (Å²) in [5.41, 5.74) is -0.461. The van der Waals surface area contributed by atoms with Crippen LogP contribution < -0.4 is 5.32 Å². The van der Waals surface area contributed by atoms with Crippen molar-refractivity contribution in [2.24, 2.45) is 0 Å². The van der Waals surface area contributed by atoms with Crippen LogP contribution in [0.2, 0.25) is 0 Å². The molecule has 3 rings (SSSR count). The zero-order chi connectivity index (χ0) is 17.5. The Hall–Kier alpha value is -1.09. The van der Waals surface area contributed by atoms with E-state index in [1.165, 1.54) is 4.68 Å². The molecule has 9 heteroatoms. The second-order valence-corrected chi connectivity index (χ2v) is 7.42.